The van der Waals surface area contributed by atoms with Gasteiger partial charge >= 0.3 is 0 Å². The van der Waals surface area contributed by atoms with Crippen molar-refractivity contribution >= 4 is 27.0 Å². The minimum absolute atomic E-state index is 1.04. The van der Waals surface area contributed by atoms with E-state index in [1.165, 1.54) is 11.1 Å². The van der Waals surface area contributed by atoms with Crippen LogP contribution in [0.5, 0.6) is 0 Å². The molecule has 3 heteroatoms. The van der Waals surface area contributed by atoms with Crippen molar-refractivity contribution in [2.45, 2.75) is 13.8 Å². The van der Waals surface area contributed by atoms with Crippen molar-refractivity contribution in [2.75, 3.05) is 0 Å². The highest BCUT2D eigenvalue weighted by atomic mass is 79.9. The normalized spacial score (nSPS) is 11.1. The molecule has 2 nitrogen and oxygen atoms in total. The van der Waals surface area contributed by atoms with E-state index in [-0.39, 0.29) is 0 Å². The Bertz CT molecular complexity index is 471. The first-order valence-corrected chi connectivity index (χ1v) is 4.90. The average molecular weight is 238 g/mol. The molecule has 0 aliphatic heterocycles. The summed E-state index contributed by atoms with van der Waals surface area (Å²) in [5.74, 6) is 0. The van der Waals surface area contributed by atoms with Gasteiger partial charge in [-0.25, -0.2) is 4.98 Å². The van der Waals surface area contributed by atoms with Crippen molar-refractivity contribution in [3.63, 3.8) is 0 Å². The standard InChI is InChI=1S/C10H10BrN2/c1-6-7(2)10-9(4-8(6)11)13(3)5-12-10/h4H,1-3H3. The molecule has 13 heavy (non-hydrogen) atoms. The largest absolute Gasteiger partial charge is 0.324 e. The smallest absolute Gasteiger partial charge is 0.177 e. The minimum Gasteiger partial charge on any atom is -0.324 e. The first kappa shape index (κ1) is 8.75. The summed E-state index contributed by atoms with van der Waals surface area (Å²) in [6.07, 6.45) is 2.92. The molecule has 0 aliphatic rings. The molecule has 1 aromatic carbocycles. The zero-order chi connectivity index (χ0) is 9.59. The van der Waals surface area contributed by atoms with Crippen LogP contribution in [0.1, 0.15) is 11.1 Å². The van der Waals surface area contributed by atoms with Crippen molar-refractivity contribution in [3.8, 4) is 0 Å². The van der Waals surface area contributed by atoms with E-state index in [2.05, 4.69) is 47.2 Å². The molecule has 2 aromatic rings. The number of aryl methyl sites for hydroxylation is 2. The number of benzene rings is 1. The van der Waals surface area contributed by atoms with E-state index < -0.39 is 0 Å². The van der Waals surface area contributed by atoms with Crippen LogP contribution in [0.25, 0.3) is 11.0 Å². The van der Waals surface area contributed by atoms with Crippen LogP contribution in [0.4, 0.5) is 0 Å². The number of hydrogen-bond donors (Lipinski definition) is 0. The number of rotatable bonds is 0. The van der Waals surface area contributed by atoms with E-state index in [1.54, 1.807) is 0 Å². The van der Waals surface area contributed by atoms with Gasteiger partial charge in [-0.2, -0.15) is 0 Å². The Morgan fingerprint density at radius 2 is 2.08 bits per heavy atom. The Labute approximate surface area is 85.7 Å². The highest BCUT2D eigenvalue weighted by molar-refractivity contribution is 9.10. The van der Waals surface area contributed by atoms with E-state index in [1.807, 2.05) is 11.6 Å². The third-order valence-corrected chi connectivity index (χ3v) is 3.28. The van der Waals surface area contributed by atoms with Crippen LogP contribution in [0.3, 0.4) is 0 Å². The van der Waals surface area contributed by atoms with Crippen molar-refractivity contribution in [1.82, 2.24) is 9.55 Å². The first-order chi connectivity index (χ1) is 6.11. The lowest BCUT2D eigenvalue weighted by Crippen LogP contribution is -1.88. The van der Waals surface area contributed by atoms with Crippen LogP contribution in [0.2, 0.25) is 0 Å². The van der Waals surface area contributed by atoms with E-state index in [0.29, 0.717) is 0 Å². The van der Waals surface area contributed by atoms with Crippen molar-refractivity contribution in [1.29, 1.82) is 0 Å². The van der Waals surface area contributed by atoms with Gasteiger partial charge in [-0.15, -0.1) is 0 Å². The summed E-state index contributed by atoms with van der Waals surface area (Å²) in [7, 11) is 1.95. The molecule has 0 atom stereocenters. The maximum Gasteiger partial charge on any atom is 0.177 e. The Morgan fingerprint density at radius 1 is 1.38 bits per heavy atom. The first-order valence-electron chi connectivity index (χ1n) is 4.11. The fourth-order valence-corrected chi connectivity index (χ4v) is 1.94. The Kier molecular flexibility index (Phi) is 1.91. The van der Waals surface area contributed by atoms with Gasteiger partial charge in [-0.05, 0) is 31.0 Å². The third-order valence-electron chi connectivity index (χ3n) is 2.46. The number of hydrogen-bond acceptors (Lipinski definition) is 1. The molecule has 0 spiro atoms. The summed E-state index contributed by atoms with van der Waals surface area (Å²) in [4.78, 5) is 4.24. The topological polar surface area (TPSA) is 17.8 Å². The molecule has 0 unspecified atom stereocenters. The molecular weight excluding hydrogens is 228 g/mol. The van der Waals surface area contributed by atoms with E-state index in [9.17, 15) is 0 Å². The molecule has 0 N–H and O–H groups in total. The van der Waals surface area contributed by atoms with Crippen LogP contribution in [0.15, 0.2) is 10.5 Å². The van der Waals surface area contributed by atoms with Gasteiger partial charge in [0, 0.05) is 11.5 Å². The lowest BCUT2D eigenvalue weighted by Gasteiger charge is -2.04. The van der Waals surface area contributed by atoms with Crippen LogP contribution in [-0.4, -0.2) is 9.55 Å². The summed E-state index contributed by atoms with van der Waals surface area (Å²) in [5, 5.41) is 0. The van der Waals surface area contributed by atoms with Crippen molar-refractivity contribution in [2.24, 2.45) is 7.05 Å². The lowest BCUT2D eigenvalue weighted by molar-refractivity contribution is 0.935. The molecule has 1 radical (unpaired) electrons. The lowest BCUT2D eigenvalue weighted by atomic mass is 10.1. The zero-order valence-corrected chi connectivity index (χ0v) is 9.44. The summed E-state index contributed by atoms with van der Waals surface area (Å²) in [5.41, 5.74) is 4.64. The van der Waals surface area contributed by atoms with Crippen LogP contribution in [-0.2, 0) is 7.05 Å². The van der Waals surface area contributed by atoms with Gasteiger partial charge in [-0.3, -0.25) is 0 Å². The zero-order valence-electron chi connectivity index (χ0n) is 7.85. The highest BCUT2D eigenvalue weighted by Crippen LogP contribution is 2.26. The van der Waals surface area contributed by atoms with Gasteiger partial charge in [0.05, 0.1) is 11.0 Å². The number of nitrogens with zero attached hydrogens (tertiary/aromatic N) is 2. The van der Waals surface area contributed by atoms with Gasteiger partial charge in [0.1, 0.15) is 0 Å². The second kappa shape index (κ2) is 2.84. The average Bonchev–Trinajstić information content (AvgIpc) is 2.45. The van der Waals surface area contributed by atoms with Gasteiger partial charge < -0.3 is 4.57 Å². The van der Waals surface area contributed by atoms with Crippen LogP contribution < -0.4 is 0 Å². The molecule has 0 saturated carbocycles. The van der Waals surface area contributed by atoms with Crippen molar-refractivity contribution < 1.29 is 0 Å². The number of fused-ring (bicyclic) bond motifs is 1. The fraction of sp³-hybridized carbons (Fsp3) is 0.300. The summed E-state index contributed by atoms with van der Waals surface area (Å²) in [6, 6.07) is 2.08. The van der Waals surface area contributed by atoms with Gasteiger partial charge in [0.25, 0.3) is 0 Å². The fourth-order valence-electron chi connectivity index (χ4n) is 1.42. The quantitative estimate of drug-likeness (QED) is 0.690. The maximum absolute atomic E-state index is 4.24. The number of halogens is 1. The van der Waals surface area contributed by atoms with E-state index >= 15 is 0 Å². The molecule has 2 rings (SSSR count). The maximum atomic E-state index is 4.24. The van der Waals surface area contributed by atoms with Gasteiger partial charge in [0.15, 0.2) is 6.33 Å². The second-order valence-electron chi connectivity index (χ2n) is 3.25. The van der Waals surface area contributed by atoms with E-state index in [4.69, 9.17) is 0 Å². The molecule has 0 aliphatic carbocycles. The minimum atomic E-state index is 1.04. The predicted molar refractivity (Wildman–Crippen MR) is 56.7 cm³/mol. The Balaban J connectivity index is 2.96. The van der Waals surface area contributed by atoms with Gasteiger partial charge in [0.2, 0.25) is 0 Å². The van der Waals surface area contributed by atoms with E-state index in [0.717, 1.165) is 15.5 Å². The summed E-state index contributed by atoms with van der Waals surface area (Å²) >= 11 is 3.53. The number of aromatic nitrogens is 2. The SMILES string of the molecule is Cc1c(Br)cc2c(n[c]n2C)c1C. The second-order valence-corrected chi connectivity index (χ2v) is 4.10. The van der Waals surface area contributed by atoms with Crippen LogP contribution in [0, 0.1) is 20.2 Å². The molecule has 0 amide bonds. The highest BCUT2D eigenvalue weighted by Gasteiger charge is 2.08. The Morgan fingerprint density at radius 3 is 2.77 bits per heavy atom. The molecular formula is C10H10BrN2. The molecule has 1 aromatic heterocycles. The number of imidazole rings is 1. The predicted octanol–water partition coefficient (Wildman–Crippen LogP) is 2.75. The summed E-state index contributed by atoms with van der Waals surface area (Å²) in [6.45, 7) is 4.18. The molecule has 0 bridgehead atoms. The molecule has 67 valence electrons. The van der Waals surface area contributed by atoms with Crippen molar-refractivity contribution in [3.05, 3.63) is 28.0 Å². The third kappa shape index (κ3) is 1.18. The molecule has 0 fully saturated rings. The molecule has 0 saturated heterocycles. The monoisotopic (exact) mass is 237 g/mol. The van der Waals surface area contributed by atoms with Gasteiger partial charge in [-0.1, -0.05) is 15.9 Å². The summed E-state index contributed by atoms with van der Waals surface area (Å²) < 4.78 is 3.04. The van der Waals surface area contributed by atoms with Crippen LogP contribution >= 0.6 is 15.9 Å². The molecule has 1 heterocycles. The Hall–Kier alpha value is -0.830.